The van der Waals surface area contributed by atoms with E-state index in [1.807, 2.05) is 13.8 Å². The smallest absolute Gasteiger partial charge is 0.237 e. The Hall–Kier alpha value is -0.910. The molecule has 0 aliphatic carbocycles. The molecule has 1 saturated heterocycles. The molecule has 0 aromatic carbocycles. The predicted octanol–water partition coefficient (Wildman–Crippen LogP) is 2.54. The van der Waals surface area contributed by atoms with Crippen molar-refractivity contribution in [2.24, 2.45) is 5.92 Å². The van der Waals surface area contributed by atoms with Crippen molar-refractivity contribution in [2.45, 2.75) is 39.2 Å². The number of amides is 1. The van der Waals surface area contributed by atoms with Crippen LogP contribution in [0, 0.1) is 5.92 Å². The molecule has 1 aromatic rings. The van der Waals surface area contributed by atoms with Crippen molar-refractivity contribution < 1.29 is 9.53 Å². The molecule has 0 radical (unpaired) electrons. The van der Waals surface area contributed by atoms with Crippen molar-refractivity contribution in [3.05, 3.63) is 22.4 Å². The number of hydrogen-bond donors (Lipinski definition) is 1. The van der Waals surface area contributed by atoms with Crippen LogP contribution in [0.2, 0.25) is 0 Å². The van der Waals surface area contributed by atoms with Crippen LogP contribution in [0.4, 0.5) is 0 Å². The highest BCUT2D eigenvalue weighted by Crippen LogP contribution is 2.19. The van der Waals surface area contributed by atoms with Crippen molar-refractivity contribution in [3.8, 4) is 0 Å². The lowest BCUT2D eigenvalue weighted by Gasteiger charge is -2.36. The van der Waals surface area contributed by atoms with Gasteiger partial charge in [-0.15, -0.1) is 11.3 Å². The maximum Gasteiger partial charge on any atom is 0.237 e. The zero-order valence-corrected chi connectivity index (χ0v) is 14.5. The number of rotatable bonds is 8. The van der Waals surface area contributed by atoms with Gasteiger partial charge in [-0.25, -0.2) is 0 Å². The molecule has 0 unspecified atom stereocenters. The first-order valence-corrected chi connectivity index (χ1v) is 9.20. The first kappa shape index (κ1) is 17.4. The number of carbonyl (C=O) groups is 1. The second-order valence-electron chi connectivity index (χ2n) is 5.96. The summed E-state index contributed by atoms with van der Waals surface area (Å²) in [5.41, 5.74) is 0. The van der Waals surface area contributed by atoms with Gasteiger partial charge in [0.25, 0.3) is 0 Å². The number of likely N-dealkylation sites (tertiary alicyclic amines) is 1. The van der Waals surface area contributed by atoms with E-state index in [1.54, 1.807) is 11.3 Å². The third kappa shape index (κ3) is 5.38. The number of ether oxygens (including phenoxy) is 1. The summed E-state index contributed by atoms with van der Waals surface area (Å²) in [7, 11) is 0. The highest BCUT2D eigenvalue weighted by Gasteiger charge is 2.27. The number of nitrogens with one attached hydrogen (secondary N) is 1. The van der Waals surface area contributed by atoms with Gasteiger partial charge >= 0.3 is 0 Å². The first-order valence-electron chi connectivity index (χ1n) is 8.32. The molecule has 1 fully saturated rings. The van der Waals surface area contributed by atoms with E-state index in [0.717, 1.165) is 45.7 Å². The van der Waals surface area contributed by atoms with Crippen LogP contribution in [-0.4, -0.2) is 49.7 Å². The van der Waals surface area contributed by atoms with Gasteiger partial charge in [0, 0.05) is 24.6 Å². The molecular formula is C17H28N2O2S. The fourth-order valence-corrected chi connectivity index (χ4v) is 3.66. The zero-order valence-electron chi connectivity index (χ0n) is 13.7. The Morgan fingerprint density at radius 2 is 2.45 bits per heavy atom. The van der Waals surface area contributed by atoms with Crippen LogP contribution in [-0.2, 0) is 16.0 Å². The van der Waals surface area contributed by atoms with Gasteiger partial charge in [0.15, 0.2) is 0 Å². The summed E-state index contributed by atoms with van der Waals surface area (Å²) in [5.74, 6) is 0.712. The molecule has 1 aliphatic heterocycles. The Bertz CT molecular complexity index is 436. The van der Waals surface area contributed by atoms with E-state index in [1.165, 1.54) is 11.3 Å². The van der Waals surface area contributed by atoms with Gasteiger partial charge in [-0.05, 0) is 57.0 Å². The molecule has 1 amide bonds. The molecule has 22 heavy (non-hydrogen) atoms. The quantitative estimate of drug-likeness (QED) is 0.799. The lowest BCUT2D eigenvalue weighted by atomic mass is 9.97. The van der Waals surface area contributed by atoms with E-state index in [-0.39, 0.29) is 11.9 Å². The third-order valence-electron chi connectivity index (χ3n) is 4.29. The minimum absolute atomic E-state index is 0.0484. The van der Waals surface area contributed by atoms with Gasteiger partial charge in [-0.2, -0.15) is 0 Å². The van der Waals surface area contributed by atoms with Crippen LogP contribution >= 0.6 is 11.3 Å². The Balaban J connectivity index is 1.72. The highest BCUT2D eigenvalue weighted by atomic mass is 32.1. The van der Waals surface area contributed by atoms with Crippen LogP contribution in [0.5, 0.6) is 0 Å². The molecule has 4 nitrogen and oxygen atoms in total. The highest BCUT2D eigenvalue weighted by molar-refractivity contribution is 7.09. The maximum absolute atomic E-state index is 12.3. The molecule has 1 N–H and O–H groups in total. The normalized spacial score (nSPS) is 20.7. The number of carbonyl (C=O) groups excluding carboxylic acids is 1. The van der Waals surface area contributed by atoms with E-state index in [9.17, 15) is 4.79 Å². The van der Waals surface area contributed by atoms with E-state index in [4.69, 9.17) is 4.74 Å². The maximum atomic E-state index is 12.3. The van der Waals surface area contributed by atoms with E-state index >= 15 is 0 Å². The van der Waals surface area contributed by atoms with Crippen molar-refractivity contribution in [2.75, 3.05) is 32.8 Å². The average Bonchev–Trinajstić information content (AvgIpc) is 3.05. The van der Waals surface area contributed by atoms with Gasteiger partial charge in [0.05, 0.1) is 12.6 Å². The molecule has 1 aromatic heterocycles. The minimum atomic E-state index is -0.0484. The summed E-state index contributed by atoms with van der Waals surface area (Å²) in [5, 5.41) is 5.15. The van der Waals surface area contributed by atoms with E-state index in [0.29, 0.717) is 5.92 Å². The van der Waals surface area contributed by atoms with E-state index in [2.05, 4.69) is 27.7 Å². The summed E-state index contributed by atoms with van der Waals surface area (Å²) in [4.78, 5) is 15.9. The Morgan fingerprint density at radius 1 is 1.59 bits per heavy atom. The summed E-state index contributed by atoms with van der Waals surface area (Å²) in [6, 6.07) is 4.12. The lowest BCUT2D eigenvalue weighted by molar-refractivity contribution is -0.126. The van der Waals surface area contributed by atoms with Gasteiger partial charge in [0.1, 0.15) is 0 Å². The molecular weight excluding hydrogens is 296 g/mol. The summed E-state index contributed by atoms with van der Waals surface area (Å²) >= 11 is 1.74. The van der Waals surface area contributed by atoms with Crippen LogP contribution in [0.1, 0.15) is 31.6 Å². The number of nitrogens with zero attached hydrogens (tertiary/aromatic N) is 1. The Labute approximate surface area is 137 Å². The molecule has 0 bridgehead atoms. The molecule has 2 heterocycles. The number of piperidine rings is 1. The SMILES string of the molecule is CCOC[C@@H]1CCCN([C@@H](C)C(=O)NCCc2cccs2)C1. The predicted molar refractivity (Wildman–Crippen MR) is 91.3 cm³/mol. The van der Waals surface area contributed by atoms with Gasteiger partial charge in [-0.1, -0.05) is 6.07 Å². The average molecular weight is 324 g/mol. The largest absolute Gasteiger partial charge is 0.381 e. The topological polar surface area (TPSA) is 41.6 Å². The molecule has 2 atom stereocenters. The minimum Gasteiger partial charge on any atom is -0.381 e. The second-order valence-corrected chi connectivity index (χ2v) is 6.99. The molecule has 124 valence electrons. The van der Waals surface area contributed by atoms with Gasteiger partial charge < -0.3 is 10.1 Å². The Morgan fingerprint density at radius 3 is 3.18 bits per heavy atom. The second kappa shape index (κ2) is 9.28. The van der Waals surface area contributed by atoms with E-state index < -0.39 is 0 Å². The first-order chi connectivity index (χ1) is 10.7. The summed E-state index contributed by atoms with van der Waals surface area (Å²) in [6.45, 7) is 8.35. The summed E-state index contributed by atoms with van der Waals surface area (Å²) < 4.78 is 5.54. The number of hydrogen-bond acceptors (Lipinski definition) is 4. The monoisotopic (exact) mass is 324 g/mol. The van der Waals surface area contributed by atoms with Crippen molar-refractivity contribution in [1.82, 2.24) is 10.2 Å². The number of thiophene rings is 1. The lowest BCUT2D eigenvalue weighted by Crippen LogP contribution is -2.49. The third-order valence-corrected chi connectivity index (χ3v) is 5.22. The fourth-order valence-electron chi connectivity index (χ4n) is 2.95. The standard InChI is InChI=1S/C17H28N2O2S/c1-3-21-13-15-6-4-10-19(12-15)14(2)17(20)18-9-8-16-7-5-11-22-16/h5,7,11,14-15H,3-4,6,8-10,12-13H2,1-2H3,(H,18,20)/t14-,15+/m0/s1. The zero-order chi connectivity index (χ0) is 15.8. The van der Waals surface area contributed by atoms with Gasteiger partial charge in [0.2, 0.25) is 5.91 Å². The van der Waals surface area contributed by atoms with Crippen molar-refractivity contribution >= 4 is 17.2 Å². The van der Waals surface area contributed by atoms with Crippen molar-refractivity contribution in [3.63, 3.8) is 0 Å². The Kier molecular flexibility index (Phi) is 7.36. The molecule has 0 saturated carbocycles. The fraction of sp³-hybridized carbons (Fsp3) is 0.706. The molecule has 5 heteroatoms. The molecule has 2 rings (SSSR count). The van der Waals surface area contributed by atoms with Crippen LogP contribution < -0.4 is 5.32 Å². The van der Waals surface area contributed by atoms with Crippen LogP contribution in [0.15, 0.2) is 17.5 Å². The van der Waals surface area contributed by atoms with Crippen molar-refractivity contribution in [1.29, 1.82) is 0 Å². The molecule has 1 aliphatic rings. The van der Waals surface area contributed by atoms with Gasteiger partial charge in [-0.3, -0.25) is 9.69 Å². The van der Waals surface area contributed by atoms with Crippen LogP contribution in [0.25, 0.3) is 0 Å². The summed E-state index contributed by atoms with van der Waals surface area (Å²) in [6.07, 6.45) is 3.29. The van der Waals surface area contributed by atoms with Crippen LogP contribution in [0.3, 0.4) is 0 Å². The molecule has 0 spiro atoms.